The number of aliphatic hydroxyl groups is 11. The average molecular weight is 1240 g/mol. The molecule has 0 saturated carbocycles. The average Bonchev–Trinajstić information content (AvgIpc) is 3.70. The van der Waals surface area contributed by atoms with Crippen molar-refractivity contribution in [1.82, 2.24) is 5.32 Å². The summed E-state index contributed by atoms with van der Waals surface area (Å²) in [5, 5.41) is 121. The second kappa shape index (κ2) is 50.4. The largest absolute Gasteiger partial charge is 0.394 e. The third kappa shape index (κ3) is 32.4. The molecule has 3 fully saturated rings. The summed E-state index contributed by atoms with van der Waals surface area (Å²) in [6.45, 7) is 1.84. The van der Waals surface area contributed by atoms with Gasteiger partial charge in [-0.15, -0.1) is 0 Å². The highest BCUT2D eigenvalue weighted by molar-refractivity contribution is 5.76. The molecule has 12 N–H and O–H groups in total. The summed E-state index contributed by atoms with van der Waals surface area (Å²) in [7, 11) is 0. The monoisotopic (exact) mass is 1240 g/mol. The van der Waals surface area contributed by atoms with E-state index in [9.17, 15) is 61.0 Å². The number of rotatable bonds is 55. The zero-order valence-corrected chi connectivity index (χ0v) is 53.8. The molecule has 3 aliphatic heterocycles. The number of nitrogens with one attached hydrogen (secondary N) is 1. The first-order valence-corrected chi connectivity index (χ1v) is 35.3. The van der Waals surface area contributed by atoms with Gasteiger partial charge in [0.15, 0.2) is 18.9 Å². The summed E-state index contributed by atoms with van der Waals surface area (Å²) in [6.07, 6.45) is 26.1. The first-order chi connectivity index (χ1) is 41.8. The van der Waals surface area contributed by atoms with Crippen molar-refractivity contribution in [3.63, 3.8) is 0 Å². The molecule has 0 aliphatic carbocycles. The topological polar surface area (TPSA) is 307 Å². The Morgan fingerprint density at radius 3 is 1.01 bits per heavy atom. The minimum Gasteiger partial charge on any atom is -0.394 e. The van der Waals surface area contributed by atoms with Crippen molar-refractivity contribution in [2.75, 3.05) is 26.4 Å². The van der Waals surface area contributed by atoms with Crippen LogP contribution in [0.5, 0.6) is 0 Å². The fraction of sp³-hybridized carbons (Fsp3) is 0.985. The molecular formula is C67H129NO18. The van der Waals surface area contributed by atoms with Gasteiger partial charge in [-0.25, -0.2) is 0 Å². The number of hydrogen-bond acceptors (Lipinski definition) is 18. The quantitative estimate of drug-likeness (QED) is 0.0253. The van der Waals surface area contributed by atoms with E-state index in [0.717, 1.165) is 44.9 Å². The Morgan fingerprint density at radius 2 is 0.663 bits per heavy atom. The highest BCUT2D eigenvalue weighted by atomic mass is 16.8. The third-order valence-electron chi connectivity index (χ3n) is 18.2. The van der Waals surface area contributed by atoms with Crippen LogP contribution in [0.2, 0.25) is 0 Å². The molecular weight excluding hydrogens is 1110 g/mol. The number of ether oxygens (including phenoxy) is 6. The minimum atomic E-state index is -1.97. The molecule has 19 nitrogen and oxygen atoms in total. The van der Waals surface area contributed by atoms with Gasteiger partial charge < -0.3 is 89.9 Å². The minimum absolute atomic E-state index is 0.235. The molecule has 17 unspecified atom stereocenters. The number of amides is 1. The lowest BCUT2D eigenvalue weighted by atomic mass is 9.96. The Labute approximate surface area is 519 Å². The molecule has 3 heterocycles. The van der Waals surface area contributed by atoms with E-state index < -0.39 is 124 Å². The fourth-order valence-electron chi connectivity index (χ4n) is 12.4. The zero-order valence-electron chi connectivity index (χ0n) is 53.8. The molecule has 3 aliphatic rings. The van der Waals surface area contributed by atoms with Gasteiger partial charge in [0.25, 0.3) is 0 Å². The Hall–Kier alpha value is -1.21. The van der Waals surface area contributed by atoms with Crippen LogP contribution in [0.25, 0.3) is 0 Å². The van der Waals surface area contributed by atoms with Gasteiger partial charge in [-0.3, -0.25) is 4.79 Å². The van der Waals surface area contributed by atoms with Crippen LogP contribution < -0.4 is 5.32 Å². The maximum atomic E-state index is 13.4. The van der Waals surface area contributed by atoms with Crippen LogP contribution in [0, 0.1) is 0 Å². The molecule has 0 bridgehead atoms. The van der Waals surface area contributed by atoms with E-state index in [1.807, 2.05) is 0 Å². The molecule has 19 heteroatoms. The van der Waals surface area contributed by atoms with Crippen molar-refractivity contribution in [3.8, 4) is 0 Å². The molecule has 0 radical (unpaired) electrons. The molecule has 3 rings (SSSR count). The second-order valence-corrected chi connectivity index (χ2v) is 25.7. The van der Waals surface area contributed by atoms with Gasteiger partial charge in [-0.05, 0) is 12.8 Å². The van der Waals surface area contributed by atoms with E-state index >= 15 is 0 Å². The van der Waals surface area contributed by atoms with Crippen molar-refractivity contribution in [3.05, 3.63) is 0 Å². The Bertz CT molecular complexity index is 1570. The van der Waals surface area contributed by atoms with E-state index in [-0.39, 0.29) is 18.9 Å². The molecule has 86 heavy (non-hydrogen) atoms. The lowest BCUT2D eigenvalue weighted by Gasteiger charge is -2.48. The van der Waals surface area contributed by atoms with Crippen molar-refractivity contribution < 1.29 is 89.4 Å². The standard InChI is InChI=1S/C67H129NO18/c1-3-5-7-9-11-13-15-17-19-21-22-23-24-25-26-27-28-29-31-33-35-37-39-41-43-45-55(73)68-50(51(72)44-42-40-38-36-34-32-30-20-18-16-14-12-10-8-6-4-2)49-81-65-61(79)58(76)63(53(47-70)83-65)86-67-62(80)59(77)64(54(48-71)84-67)85-66-60(78)57(75)56(74)52(46-69)82-66/h50-54,56-67,69-72,74-80H,3-49H2,1-2H3,(H,68,73). The van der Waals surface area contributed by atoms with Gasteiger partial charge in [0.1, 0.15) is 73.2 Å². The number of unbranched alkanes of at least 4 members (excludes halogenated alkanes) is 39. The number of hydrogen-bond donors (Lipinski definition) is 12. The maximum Gasteiger partial charge on any atom is 0.220 e. The predicted octanol–water partition coefficient (Wildman–Crippen LogP) is 9.11. The van der Waals surface area contributed by atoms with Crippen LogP contribution in [0.3, 0.4) is 0 Å². The molecule has 0 aromatic rings. The zero-order chi connectivity index (χ0) is 62.6. The first-order valence-electron chi connectivity index (χ1n) is 35.3. The van der Waals surface area contributed by atoms with Gasteiger partial charge >= 0.3 is 0 Å². The van der Waals surface area contributed by atoms with Crippen molar-refractivity contribution >= 4 is 5.91 Å². The molecule has 0 aromatic heterocycles. The number of carbonyl (C=O) groups is 1. The maximum absolute atomic E-state index is 13.4. The number of aliphatic hydroxyl groups excluding tert-OH is 11. The molecule has 0 aromatic carbocycles. The summed E-state index contributed by atoms with van der Waals surface area (Å²) < 4.78 is 34.4. The summed E-state index contributed by atoms with van der Waals surface area (Å²) in [5.74, 6) is -0.235. The third-order valence-corrected chi connectivity index (χ3v) is 18.2. The van der Waals surface area contributed by atoms with Gasteiger partial charge in [-0.2, -0.15) is 0 Å². The SMILES string of the molecule is CCCCCCCCCCCCCCCCCCCCCCCCCCCC(=O)NC(COC1OC(CO)C(OC2OC(CO)C(OC3OC(CO)C(O)C(O)C3O)C(O)C2O)C(O)C1O)C(O)CCCCCCCCCCCCCCCCCC. The highest BCUT2D eigenvalue weighted by Crippen LogP contribution is 2.33. The van der Waals surface area contributed by atoms with E-state index in [1.165, 1.54) is 212 Å². The van der Waals surface area contributed by atoms with E-state index in [0.29, 0.717) is 12.8 Å². The van der Waals surface area contributed by atoms with Crippen molar-refractivity contribution in [1.29, 1.82) is 0 Å². The van der Waals surface area contributed by atoms with Gasteiger partial charge in [0, 0.05) is 6.42 Å². The summed E-state index contributed by atoms with van der Waals surface area (Å²) in [5.41, 5.74) is 0. The molecule has 1 amide bonds. The van der Waals surface area contributed by atoms with Crippen LogP contribution in [-0.2, 0) is 33.2 Å². The van der Waals surface area contributed by atoms with Gasteiger partial charge in [0.2, 0.25) is 5.91 Å². The molecule has 510 valence electrons. The van der Waals surface area contributed by atoms with E-state index in [1.54, 1.807) is 0 Å². The fourth-order valence-corrected chi connectivity index (χ4v) is 12.4. The van der Waals surface area contributed by atoms with Gasteiger partial charge in [0.05, 0.1) is 38.6 Å². The Kier molecular flexibility index (Phi) is 46.3. The van der Waals surface area contributed by atoms with Crippen LogP contribution in [0.4, 0.5) is 0 Å². The lowest BCUT2D eigenvalue weighted by Crippen LogP contribution is -2.66. The van der Waals surface area contributed by atoms with Crippen molar-refractivity contribution in [2.45, 2.75) is 394 Å². The Morgan fingerprint density at radius 1 is 0.372 bits per heavy atom. The predicted molar refractivity (Wildman–Crippen MR) is 333 cm³/mol. The van der Waals surface area contributed by atoms with E-state index in [4.69, 9.17) is 28.4 Å². The summed E-state index contributed by atoms with van der Waals surface area (Å²) >= 11 is 0. The lowest BCUT2D eigenvalue weighted by molar-refractivity contribution is -0.379. The summed E-state index contributed by atoms with van der Waals surface area (Å²) in [6, 6.07) is -0.881. The smallest absolute Gasteiger partial charge is 0.220 e. The summed E-state index contributed by atoms with van der Waals surface area (Å²) in [4.78, 5) is 13.4. The number of carbonyl (C=O) groups excluding carboxylic acids is 1. The van der Waals surface area contributed by atoms with Crippen LogP contribution in [0.15, 0.2) is 0 Å². The van der Waals surface area contributed by atoms with Crippen LogP contribution >= 0.6 is 0 Å². The van der Waals surface area contributed by atoms with Crippen LogP contribution in [0.1, 0.15) is 290 Å². The molecule has 17 atom stereocenters. The second-order valence-electron chi connectivity index (χ2n) is 25.7. The molecule has 0 spiro atoms. The molecule has 3 saturated heterocycles. The highest BCUT2D eigenvalue weighted by Gasteiger charge is 2.53. The normalized spacial score (nSPS) is 28.7. The van der Waals surface area contributed by atoms with Crippen LogP contribution in [-0.4, -0.2) is 193 Å². The van der Waals surface area contributed by atoms with Gasteiger partial charge in [-0.1, -0.05) is 271 Å². The van der Waals surface area contributed by atoms with E-state index in [2.05, 4.69) is 19.2 Å². The Balaban J connectivity index is 1.41. The van der Waals surface area contributed by atoms with Crippen molar-refractivity contribution in [2.24, 2.45) is 0 Å². The first kappa shape index (κ1) is 79.0.